The standard InChI is InChI=1S/C12H18N4O/c1-3-13-11-8-12(15-9(2)14-11)16-6-4-10(17)5-7-16/h8H,3-7H2,1-2H3,(H,13,14,15). The van der Waals surface area contributed by atoms with Gasteiger partial charge in [0.1, 0.15) is 23.2 Å². The third-order valence-corrected chi connectivity index (χ3v) is 2.83. The zero-order valence-corrected chi connectivity index (χ0v) is 10.4. The topological polar surface area (TPSA) is 58.1 Å². The summed E-state index contributed by atoms with van der Waals surface area (Å²) in [6.45, 7) is 6.30. The molecule has 2 heterocycles. The first-order valence-electron chi connectivity index (χ1n) is 6.05. The van der Waals surface area contributed by atoms with Crippen molar-refractivity contribution in [3.05, 3.63) is 11.9 Å². The van der Waals surface area contributed by atoms with Crippen molar-refractivity contribution in [2.24, 2.45) is 0 Å². The third-order valence-electron chi connectivity index (χ3n) is 2.83. The van der Waals surface area contributed by atoms with Gasteiger partial charge in [-0.25, -0.2) is 9.97 Å². The van der Waals surface area contributed by atoms with Gasteiger partial charge in [-0.2, -0.15) is 0 Å². The molecule has 5 heteroatoms. The first-order valence-corrected chi connectivity index (χ1v) is 6.05. The summed E-state index contributed by atoms with van der Waals surface area (Å²) < 4.78 is 0. The Balaban J connectivity index is 2.16. The summed E-state index contributed by atoms with van der Waals surface area (Å²) >= 11 is 0. The second-order valence-corrected chi connectivity index (χ2v) is 4.21. The van der Waals surface area contributed by atoms with Crippen LogP contribution in [0.3, 0.4) is 0 Å². The van der Waals surface area contributed by atoms with E-state index in [1.54, 1.807) is 0 Å². The molecule has 0 aromatic carbocycles. The second-order valence-electron chi connectivity index (χ2n) is 4.21. The van der Waals surface area contributed by atoms with Crippen LogP contribution in [0, 0.1) is 6.92 Å². The number of aromatic nitrogens is 2. The lowest BCUT2D eigenvalue weighted by molar-refractivity contribution is -0.119. The number of carbonyl (C=O) groups is 1. The third kappa shape index (κ3) is 2.93. The van der Waals surface area contributed by atoms with Crippen LogP contribution in [0.15, 0.2) is 6.07 Å². The first-order chi connectivity index (χ1) is 8.19. The van der Waals surface area contributed by atoms with Crippen LogP contribution in [0.4, 0.5) is 11.6 Å². The van der Waals surface area contributed by atoms with Gasteiger partial charge in [-0.15, -0.1) is 0 Å². The van der Waals surface area contributed by atoms with Crippen molar-refractivity contribution in [3.63, 3.8) is 0 Å². The minimum Gasteiger partial charge on any atom is -0.370 e. The van der Waals surface area contributed by atoms with E-state index < -0.39 is 0 Å². The van der Waals surface area contributed by atoms with Crippen LogP contribution in [0.25, 0.3) is 0 Å². The molecule has 17 heavy (non-hydrogen) atoms. The van der Waals surface area contributed by atoms with Crippen molar-refractivity contribution < 1.29 is 4.79 Å². The minimum absolute atomic E-state index is 0.346. The molecule has 0 aliphatic carbocycles. The molecule has 1 aromatic heterocycles. The number of hydrogen-bond acceptors (Lipinski definition) is 5. The molecule has 1 aliphatic rings. The molecule has 1 N–H and O–H groups in total. The predicted molar refractivity (Wildman–Crippen MR) is 67.4 cm³/mol. The molecule has 0 spiro atoms. The Hall–Kier alpha value is -1.65. The van der Waals surface area contributed by atoms with E-state index in [1.165, 1.54) is 0 Å². The summed E-state index contributed by atoms with van der Waals surface area (Å²) in [5, 5.41) is 3.19. The van der Waals surface area contributed by atoms with Gasteiger partial charge in [-0.1, -0.05) is 0 Å². The lowest BCUT2D eigenvalue weighted by Crippen LogP contribution is -2.34. The van der Waals surface area contributed by atoms with Crippen LogP contribution in [0.5, 0.6) is 0 Å². The largest absolute Gasteiger partial charge is 0.370 e. The van der Waals surface area contributed by atoms with Crippen molar-refractivity contribution in [2.45, 2.75) is 26.7 Å². The van der Waals surface area contributed by atoms with Crippen LogP contribution < -0.4 is 10.2 Å². The van der Waals surface area contributed by atoms with E-state index in [0.29, 0.717) is 18.6 Å². The highest BCUT2D eigenvalue weighted by Crippen LogP contribution is 2.19. The summed E-state index contributed by atoms with van der Waals surface area (Å²) in [6, 6.07) is 1.95. The maximum absolute atomic E-state index is 11.2. The zero-order valence-electron chi connectivity index (χ0n) is 10.4. The molecule has 2 rings (SSSR count). The van der Waals surface area contributed by atoms with Gasteiger partial charge in [0.25, 0.3) is 0 Å². The maximum atomic E-state index is 11.2. The Kier molecular flexibility index (Phi) is 3.56. The van der Waals surface area contributed by atoms with Crippen LogP contribution in [-0.2, 0) is 4.79 Å². The molecule has 0 radical (unpaired) electrons. The monoisotopic (exact) mass is 234 g/mol. The summed E-state index contributed by atoms with van der Waals surface area (Å²) in [7, 11) is 0. The number of ketones is 1. The fourth-order valence-corrected chi connectivity index (χ4v) is 1.97. The molecular formula is C12H18N4O. The normalized spacial score (nSPS) is 16.1. The van der Waals surface area contributed by atoms with Gasteiger partial charge in [0.2, 0.25) is 0 Å². The van der Waals surface area contributed by atoms with Crippen molar-refractivity contribution in [2.75, 3.05) is 29.9 Å². The van der Waals surface area contributed by atoms with Crippen LogP contribution in [0.2, 0.25) is 0 Å². The number of nitrogens with zero attached hydrogens (tertiary/aromatic N) is 3. The highest BCUT2D eigenvalue weighted by molar-refractivity contribution is 5.80. The number of nitrogens with one attached hydrogen (secondary N) is 1. The van der Waals surface area contributed by atoms with Crippen molar-refractivity contribution in [1.29, 1.82) is 0 Å². The van der Waals surface area contributed by atoms with Crippen molar-refractivity contribution in [1.82, 2.24) is 9.97 Å². The number of rotatable bonds is 3. The number of piperidine rings is 1. The Morgan fingerprint density at radius 1 is 1.35 bits per heavy atom. The molecule has 0 atom stereocenters. The van der Waals surface area contributed by atoms with Gasteiger partial charge in [0, 0.05) is 38.5 Å². The van der Waals surface area contributed by atoms with E-state index in [-0.39, 0.29) is 0 Å². The molecule has 1 fully saturated rings. The highest BCUT2D eigenvalue weighted by Gasteiger charge is 2.18. The molecule has 0 unspecified atom stereocenters. The van der Waals surface area contributed by atoms with E-state index in [4.69, 9.17) is 0 Å². The number of anilines is 2. The Bertz CT molecular complexity index is 409. The van der Waals surface area contributed by atoms with Gasteiger partial charge >= 0.3 is 0 Å². The molecule has 0 saturated carbocycles. The molecule has 0 bridgehead atoms. The van der Waals surface area contributed by atoms with Gasteiger partial charge in [-0.3, -0.25) is 4.79 Å². The summed E-state index contributed by atoms with van der Waals surface area (Å²) in [5.74, 6) is 2.88. The van der Waals surface area contributed by atoms with Crippen LogP contribution in [-0.4, -0.2) is 35.4 Å². The van der Waals surface area contributed by atoms with Gasteiger partial charge in [0.15, 0.2) is 0 Å². The minimum atomic E-state index is 0.346. The summed E-state index contributed by atoms with van der Waals surface area (Å²) in [6.07, 6.45) is 1.25. The van der Waals surface area contributed by atoms with Gasteiger partial charge in [0.05, 0.1) is 0 Å². The van der Waals surface area contributed by atoms with Gasteiger partial charge in [-0.05, 0) is 13.8 Å². The second kappa shape index (κ2) is 5.12. The number of aryl methyl sites for hydroxylation is 1. The van der Waals surface area contributed by atoms with E-state index in [1.807, 2.05) is 19.9 Å². The van der Waals surface area contributed by atoms with E-state index >= 15 is 0 Å². The summed E-state index contributed by atoms with van der Waals surface area (Å²) in [4.78, 5) is 22.1. The molecule has 92 valence electrons. The molecule has 0 amide bonds. The fraction of sp³-hybridized carbons (Fsp3) is 0.583. The highest BCUT2D eigenvalue weighted by atomic mass is 16.1. The average molecular weight is 234 g/mol. The smallest absolute Gasteiger partial charge is 0.136 e. The molecule has 1 aliphatic heterocycles. The quantitative estimate of drug-likeness (QED) is 0.856. The zero-order chi connectivity index (χ0) is 12.3. The number of Topliss-reactive ketones (excluding diaryl/α,β-unsaturated/α-hetero) is 1. The van der Waals surface area contributed by atoms with E-state index in [0.717, 1.165) is 37.1 Å². The van der Waals surface area contributed by atoms with E-state index in [9.17, 15) is 4.79 Å². The maximum Gasteiger partial charge on any atom is 0.136 e. The summed E-state index contributed by atoms with van der Waals surface area (Å²) in [5.41, 5.74) is 0. The van der Waals surface area contributed by atoms with Gasteiger partial charge < -0.3 is 10.2 Å². The van der Waals surface area contributed by atoms with E-state index in [2.05, 4.69) is 20.2 Å². The molecule has 1 aromatic rings. The Morgan fingerprint density at radius 3 is 2.71 bits per heavy atom. The van der Waals surface area contributed by atoms with Crippen LogP contribution >= 0.6 is 0 Å². The average Bonchev–Trinajstić information content (AvgIpc) is 2.29. The first kappa shape index (κ1) is 11.8. The SMILES string of the molecule is CCNc1cc(N2CCC(=O)CC2)nc(C)n1. The van der Waals surface area contributed by atoms with Crippen molar-refractivity contribution in [3.8, 4) is 0 Å². The lowest BCUT2D eigenvalue weighted by Gasteiger charge is -2.27. The molecule has 1 saturated heterocycles. The lowest BCUT2D eigenvalue weighted by atomic mass is 10.1. The fourth-order valence-electron chi connectivity index (χ4n) is 1.97. The molecular weight excluding hydrogens is 216 g/mol. The molecule has 5 nitrogen and oxygen atoms in total. The Morgan fingerprint density at radius 2 is 2.06 bits per heavy atom. The predicted octanol–water partition coefficient (Wildman–Crippen LogP) is 1.39. The number of carbonyl (C=O) groups excluding carboxylic acids is 1. The van der Waals surface area contributed by atoms with Crippen LogP contribution in [0.1, 0.15) is 25.6 Å². The number of hydrogen-bond donors (Lipinski definition) is 1. The van der Waals surface area contributed by atoms with Crippen molar-refractivity contribution >= 4 is 17.4 Å². The Labute approximate surface area is 101 Å².